The summed E-state index contributed by atoms with van der Waals surface area (Å²) in [5.41, 5.74) is 1.92. The molecule has 0 saturated carbocycles. The highest BCUT2D eigenvalue weighted by atomic mass is 32.2. The maximum absolute atomic E-state index is 13.5. The van der Waals surface area contributed by atoms with Gasteiger partial charge in [-0.1, -0.05) is 31.2 Å². The maximum Gasteiger partial charge on any atom is 0.241 e. The molecule has 5 nitrogen and oxygen atoms in total. The minimum atomic E-state index is -3.87. The van der Waals surface area contributed by atoms with E-state index in [2.05, 4.69) is 5.32 Å². The standard InChI is InChI=1S/C19H22F2N2O3S/c1-4-14-5-7-15(8-6-14)13(2)22-19(24)12-23(27(3,25)26)16-9-10-17(20)18(21)11-16/h5-11,13H,4,12H2,1-3H3,(H,22,24)/t13-/m1/s1. The summed E-state index contributed by atoms with van der Waals surface area (Å²) in [6, 6.07) is 10.1. The summed E-state index contributed by atoms with van der Waals surface area (Å²) < 4.78 is 51.3. The van der Waals surface area contributed by atoms with Gasteiger partial charge in [-0.05, 0) is 36.6 Å². The SMILES string of the molecule is CCc1ccc([C@@H](C)NC(=O)CN(c2ccc(F)c(F)c2)S(C)(=O)=O)cc1. The molecule has 2 aromatic rings. The van der Waals surface area contributed by atoms with E-state index in [1.807, 2.05) is 31.2 Å². The van der Waals surface area contributed by atoms with Crippen molar-refractivity contribution in [2.24, 2.45) is 0 Å². The van der Waals surface area contributed by atoms with Crippen molar-refractivity contribution in [2.75, 3.05) is 17.1 Å². The highest BCUT2D eigenvalue weighted by Crippen LogP contribution is 2.21. The van der Waals surface area contributed by atoms with Gasteiger partial charge in [0.2, 0.25) is 15.9 Å². The molecule has 0 aliphatic heterocycles. The summed E-state index contributed by atoms with van der Waals surface area (Å²) >= 11 is 0. The molecular formula is C19H22F2N2O3S. The van der Waals surface area contributed by atoms with Crippen LogP contribution in [0.25, 0.3) is 0 Å². The van der Waals surface area contributed by atoms with Crippen molar-refractivity contribution in [1.29, 1.82) is 0 Å². The second-order valence-electron chi connectivity index (χ2n) is 6.25. The molecule has 1 atom stereocenters. The van der Waals surface area contributed by atoms with Gasteiger partial charge in [0.15, 0.2) is 11.6 Å². The summed E-state index contributed by atoms with van der Waals surface area (Å²) in [5.74, 6) is -2.84. The third kappa shape index (κ3) is 5.50. The first-order chi connectivity index (χ1) is 12.6. The Hall–Kier alpha value is -2.48. The molecule has 0 aliphatic carbocycles. The Labute approximate surface area is 158 Å². The smallest absolute Gasteiger partial charge is 0.241 e. The van der Waals surface area contributed by atoms with Gasteiger partial charge in [-0.15, -0.1) is 0 Å². The fourth-order valence-electron chi connectivity index (χ4n) is 2.58. The highest BCUT2D eigenvalue weighted by molar-refractivity contribution is 7.92. The van der Waals surface area contributed by atoms with Crippen LogP contribution < -0.4 is 9.62 Å². The van der Waals surface area contributed by atoms with Crippen LogP contribution in [0.2, 0.25) is 0 Å². The summed E-state index contributed by atoms with van der Waals surface area (Å²) in [6.45, 7) is 3.28. The molecule has 0 aliphatic rings. The van der Waals surface area contributed by atoms with E-state index >= 15 is 0 Å². The number of aryl methyl sites for hydroxylation is 1. The molecule has 27 heavy (non-hydrogen) atoms. The van der Waals surface area contributed by atoms with Crippen LogP contribution in [0.15, 0.2) is 42.5 Å². The normalized spacial score (nSPS) is 12.5. The Balaban J connectivity index is 2.14. The van der Waals surface area contributed by atoms with Gasteiger partial charge in [-0.25, -0.2) is 17.2 Å². The second kappa shape index (κ2) is 8.47. The molecule has 0 aromatic heterocycles. The van der Waals surface area contributed by atoms with Gasteiger partial charge >= 0.3 is 0 Å². The molecule has 0 bridgehead atoms. The third-order valence-electron chi connectivity index (χ3n) is 4.14. The number of anilines is 1. The number of rotatable bonds is 7. The lowest BCUT2D eigenvalue weighted by molar-refractivity contribution is -0.120. The van der Waals surface area contributed by atoms with Gasteiger partial charge in [0.1, 0.15) is 6.54 Å². The molecule has 0 radical (unpaired) electrons. The number of carbonyl (C=O) groups excluding carboxylic acids is 1. The van der Waals surface area contributed by atoms with Crippen molar-refractivity contribution in [3.8, 4) is 0 Å². The molecule has 2 aromatic carbocycles. The quantitative estimate of drug-likeness (QED) is 0.782. The molecule has 1 N–H and O–H groups in total. The molecule has 0 fully saturated rings. The van der Waals surface area contributed by atoms with Crippen LogP contribution in [-0.4, -0.2) is 27.1 Å². The van der Waals surface area contributed by atoms with E-state index in [-0.39, 0.29) is 11.7 Å². The van der Waals surface area contributed by atoms with E-state index in [4.69, 9.17) is 0 Å². The lowest BCUT2D eigenvalue weighted by Gasteiger charge is -2.23. The molecule has 146 valence electrons. The van der Waals surface area contributed by atoms with Crippen molar-refractivity contribution >= 4 is 21.6 Å². The monoisotopic (exact) mass is 396 g/mol. The molecular weight excluding hydrogens is 374 g/mol. The van der Waals surface area contributed by atoms with E-state index < -0.39 is 34.1 Å². The van der Waals surface area contributed by atoms with Crippen LogP contribution in [0.5, 0.6) is 0 Å². The van der Waals surface area contributed by atoms with E-state index in [1.54, 1.807) is 6.92 Å². The van der Waals surface area contributed by atoms with Crippen LogP contribution >= 0.6 is 0 Å². The predicted octanol–water partition coefficient (Wildman–Crippen LogP) is 3.17. The van der Waals surface area contributed by atoms with Gasteiger partial charge in [0, 0.05) is 6.07 Å². The predicted molar refractivity (Wildman–Crippen MR) is 101 cm³/mol. The fourth-order valence-corrected chi connectivity index (χ4v) is 3.43. The zero-order valence-corrected chi connectivity index (χ0v) is 16.2. The first-order valence-corrected chi connectivity index (χ1v) is 10.3. The minimum absolute atomic E-state index is 0.119. The molecule has 0 saturated heterocycles. The minimum Gasteiger partial charge on any atom is -0.348 e. The van der Waals surface area contributed by atoms with Crippen LogP contribution in [0.4, 0.5) is 14.5 Å². The number of sulfonamides is 1. The highest BCUT2D eigenvalue weighted by Gasteiger charge is 2.23. The fraction of sp³-hybridized carbons (Fsp3) is 0.316. The van der Waals surface area contributed by atoms with E-state index in [0.717, 1.165) is 40.7 Å². The summed E-state index contributed by atoms with van der Waals surface area (Å²) in [5, 5.41) is 2.72. The van der Waals surface area contributed by atoms with Crippen molar-refractivity contribution in [3.63, 3.8) is 0 Å². The van der Waals surface area contributed by atoms with Gasteiger partial charge in [0.25, 0.3) is 0 Å². The topological polar surface area (TPSA) is 66.5 Å². The number of benzene rings is 2. The Morgan fingerprint density at radius 3 is 2.26 bits per heavy atom. The Kier molecular flexibility index (Phi) is 6.54. The Morgan fingerprint density at radius 2 is 1.74 bits per heavy atom. The van der Waals surface area contributed by atoms with Crippen molar-refractivity contribution in [3.05, 3.63) is 65.2 Å². The van der Waals surface area contributed by atoms with Gasteiger partial charge in [-0.3, -0.25) is 9.10 Å². The Bertz CT molecular complexity index is 915. The Morgan fingerprint density at radius 1 is 1.11 bits per heavy atom. The number of nitrogens with zero attached hydrogens (tertiary/aromatic N) is 1. The third-order valence-corrected chi connectivity index (χ3v) is 5.28. The molecule has 0 unspecified atom stereocenters. The first-order valence-electron chi connectivity index (χ1n) is 8.42. The van der Waals surface area contributed by atoms with Crippen LogP contribution in [0.3, 0.4) is 0 Å². The number of carbonyl (C=O) groups is 1. The average Bonchev–Trinajstić information content (AvgIpc) is 2.61. The van der Waals surface area contributed by atoms with E-state index in [9.17, 15) is 22.0 Å². The van der Waals surface area contributed by atoms with Crippen LogP contribution in [-0.2, 0) is 21.2 Å². The van der Waals surface area contributed by atoms with Crippen LogP contribution in [0, 0.1) is 11.6 Å². The molecule has 2 rings (SSSR count). The maximum atomic E-state index is 13.5. The van der Waals surface area contributed by atoms with E-state index in [0.29, 0.717) is 0 Å². The lowest BCUT2D eigenvalue weighted by Crippen LogP contribution is -2.41. The average molecular weight is 396 g/mol. The molecule has 8 heteroatoms. The van der Waals surface area contributed by atoms with E-state index in [1.165, 1.54) is 5.56 Å². The zero-order chi connectivity index (χ0) is 20.2. The zero-order valence-electron chi connectivity index (χ0n) is 15.4. The first kappa shape index (κ1) is 20.8. The number of hydrogen-bond acceptors (Lipinski definition) is 3. The van der Waals surface area contributed by atoms with Crippen molar-refractivity contribution in [1.82, 2.24) is 5.32 Å². The molecule has 1 amide bonds. The van der Waals surface area contributed by atoms with Gasteiger partial charge < -0.3 is 5.32 Å². The number of halogens is 2. The lowest BCUT2D eigenvalue weighted by atomic mass is 10.1. The second-order valence-corrected chi connectivity index (χ2v) is 8.16. The number of hydrogen-bond donors (Lipinski definition) is 1. The molecule has 0 heterocycles. The summed E-state index contributed by atoms with van der Waals surface area (Å²) in [6.07, 6.45) is 1.80. The largest absolute Gasteiger partial charge is 0.348 e. The summed E-state index contributed by atoms with van der Waals surface area (Å²) in [4.78, 5) is 12.3. The van der Waals surface area contributed by atoms with Gasteiger partial charge in [-0.2, -0.15) is 0 Å². The van der Waals surface area contributed by atoms with Crippen molar-refractivity contribution in [2.45, 2.75) is 26.3 Å². The number of amides is 1. The molecule has 0 spiro atoms. The van der Waals surface area contributed by atoms with Crippen molar-refractivity contribution < 1.29 is 22.0 Å². The summed E-state index contributed by atoms with van der Waals surface area (Å²) in [7, 11) is -3.87. The number of nitrogens with one attached hydrogen (secondary N) is 1. The van der Waals surface area contributed by atoms with Crippen LogP contribution in [0.1, 0.15) is 31.0 Å². The van der Waals surface area contributed by atoms with Gasteiger partial charge in [0.05, 0.1) is 18.0 Å².